The van der Waals surface area contributed by atoms with Crippen LogP contribution >= 0.6 is 0 Å². The SMILES string of the molecule is Cc1ccc(F)c(NC(=O)c2ccc(F)cc2N)c1F. The van der Waals surface area contributed by atoms with Gasteiger partial charge in [-0.2, -0.15) is 0 Å². The molecular formula is C14H11F3N2O. The first-order valence-electron chi connectivity index (χ1n) is 5.71. The highest BCUT2D eigenvalue weighted by atomic mass is 19.1. The number of nitrogen functional groups attached to an aromatic ring is 1. The van der Waals surface area contributed by atoms with Crippen LogP contribution in [-0.4, -0.2) is 5.91 Å². The van der Waals surface area contributed by atoms with Gasteiger partial charge in [-0.05, 0) is 36.8 Å². The van der Waals surface area contributed by atoms with E-state index in [1.807, 2.05) is 0 Å². The Labute approximate surface area is 113 Å². The summed E-state index contributed by atoms with van der Waals surface area (Å²) in [4.78, 5) is 11.9. The van der Waals surface area contributed by atoms with Gasteiger partial charge >= 0.3 is 0 Å². The number of anilines is 2. The number of hydrogen-bond acceptors (Lipinski definition) is 2. The maximum atomic E-state index is 13.8. The summed E-state index contributed by atoms with van der Waals surface area (Å²) >= 11 is 0. The smallest absolute Gasteiger partial charge is 0.257 e. The zero-order valence-corrected chi connectivity index (χ0v) is 10.5. The molecule has 0 heterocycles. The van der Waals surface area contributed by atoms with Crippen LogP contribution in [0.1, 0.15) is 15.9 Å². The van der Waals surface area contributed by atoms with Crippen LogP contribution in [0.25, 0.3) is 0 Å². The van der Waals surface area contributed by atoms with Gasteiger partial charge in [-0.15, -0.1) is 0 Å². The third-order valence-corrected chi connectivity index (χ3v) is 2.78. The van der Waals surface area contributed by atoms with E-state index in [1.54, 1.807) is 0 Å². The Kier molecular flexibility index (Phi) is 3.65. The Bertz CT molecular complexity index is 686. The lowest BCUT2D eigenvalue weighted by Crippen LogP contribution is -2.16. The lowest BCUT2D eigenvalue weighted by molar-refractivity contribution is 0.102. The number of nitrogens with one attached hydrogen (secondary N) is 1. The van der Waals surface area contributed by atoms with Crippen molar-refractivity contribution in [3.8, 4) is 0 Å². The molecular weight excluding hydrogens is 269 g/mol. The molecule has 3 N–H and O–H groups in total. The Morgan fingerprint density at radius 1 is 1.15 bits per heavy atom. The minimum Gasteiger partial charge on any atom is -0.398 e. The van der Waals surface area contributed by atoms with E-state index >= 15 is 0 Å². The number of aryl methyl sites for hydroxylation is 1. The van der Waals surface area contributed by atoms with Crippen LogP contribution < -0.4 is 11.1 Å². The van der Waals surface area contributed by atoms with E-state index in [0.717, 1.165) is 24.3 Å². The summed E-state index contributed by atoms with van der Waals surface area (Å²) in [5.41, 5.74) is 4.95. The molecule has 0 radical (unpaired) electrons. The summed E-state index contributed by atoms with van der Waals surface area (Å²) in [5.74, 6) is -3.18. The van der Waals surface area contributed by atoms with Crippen molar-refractivity contribution >= 4 is 17.3 Å². The van der Waals surface area contributed by atoms with Crippen LogP contribution in [0, 0.1) is 24.4 Å². The van der Waals surface area contributed by atoms with Gasteiger partial charge in [0, 0.05) is 5.69 Å². The molecule has 0 spiro atoms. The molecule has 0 aliphatic rings. The molecule has 6 heteroatoms. The molecule has 1 amide bonds. The second-order valence-electron chi connectivity index (χ2n) is 4.24. The minimum atomic E-state index is -0.901. The Hall–Kier alpha value is -2.50. The summed E-state index contributed by atoms with van der Waals surface area (Å²) in [6.07, 6.45) is 0. The number of nitrogens with two attached hydrogens (primary N) is 1. The maximum Gasteiger partial charge on any atom is 0.257 e. The van der Waals surface area contributed by atoms with E-state index in [2.05, 4.69) is 5.32 Å². The van der Waals surface area contributed by atoms with E-state index in [1.165, 1.54) is 13.0 Å². The third kappa shape index (κ3) is 2.59. The minimum absolute atomic E-state index is 0.0632. The molecule has 0 fully saturated rings. The van der Waals surface area contributed by atoms with Crippen molar-refractivity contribution in [1.29, 1.82) is 0 Å². The van der Waals surface area contributed by atoms with Crippen molar-refractivity contribution in [2.45, 2.75) is 6.92 Å². The number of halogens is 3. The molecule has 0 atom stereocenters. The van der Waals surface area contributed by atoms with E-state index in [-0.39, 0.29) is 16.8 Å². The van der Waals surface area contributed by atoms with Gasteiger partial charge in [-0.25, -0.2) is 13.2 Å². The first-order chi connectivity index (χ1) is 9.40. The van der Waals surface area contributed by atoms with Crippen LogP contribution in [0.4, 0.5) is 24.5 Å². The highest BCUT2D eigenvalue weighted by Gasteiger charge is 2.17. The maximum absolute atomic E-state index is 13.8. The number of benzene rings is 2. The molecule has 0 aliphatic carbocycles. The number of hydrogen-bond donors (Lipinski definition) is 2. The normalized spacial score (nSPS) is 10.4. The number of carbonyl (C=O) groups excluding carboxylic acids is 1. The summed E-state index contributed by atoms with van der Waals surface area (Å²) in [7, 11) is 0. The van der Waals surface area contributed by atoms with Crippen LogP contribution in [0.2, 0.25) is 0 Å². The van der Waals surface area contributed by atoms with Crippen LogP contribution in [0.3, 0.4) is 0 Å². The molecule has 3 nitrogen and oxygen atoms in total. The van der Waals surface area contributed by atoms with Crippen LogP contribution in [0.5, 0.6) is 0 Å². The summed E-state index contributed by atoms with van der Waals surface area (Å²) < 4.78 is 40.2. The van der Waals surface area contributed by atoms with Crippen molar-refractivity contribution < 1.29 is 18.0 Å². The van der Waals surface area contributed by atoms with Crippen molar-refractivity contribution in [3.05, 3.63) is 58.9 Å². The second-order valence-corrected chi connectivity index (χ2v) is 4.24. The molecule has 0 bridgehead atoms. The Morgan fingerprint density at radius 2 is 1.85 bits per heavy atom. The van der Waals surface area contributed by atoms with Crippen molar-refractivity contribution in [2.75, 3.05) is 11.1 Å². The molecule has 20 heavy (non-hydrogen) atoms. The standard InChI is InChI=1S/C14H11F3N2O/c1-7-2-5-10(16)13(12(7)17)19-14(20)9-4-3-8(15)6-11(9)18/h2-6H,18H2,1H3,(H,19,20). The van der Waals surface area contributed by atoms with Crippen molar-refractivity contribution in [1.82, 2.24) is 0 Å². The van der Waals surface area contributed by atoms with Gasteiger partial charge in [0.2, 0.25) is 0 Å². The fourth-order valence-corrected chi connectivity index (χ4v) is 1.69. The topological polar surface area (TPSA) is 55.1 Å². The van der Waals surface area contributed by atoms with Crippen molar-refractivity contribution in [2.24, 2.45) is 0 Å². The van der Waals surface area contributed by atoms with Crippen LogP contribution in [0.15, 0.2) is 30.3 Å². The molecule has 2 aromatic rings. The quantitative estimate of drug-likeness (QED) is 0.830. The highest BCUT2D eigenvalue weighted by Crippen LogP contribution is 2.23. The van der Waals surface area contributed by atoms with Gasteiger partial charge in [0.25, 0.3) is 5.91 Å². The second kappa shape index (κ2) is 5.24. The van der Waals surface area contributed by atoms with Gasteiger partial charge in [0.15, 0.2) is 5.82 Å². The summed E-state index contributed by atoms with van der Waals surface area (Å²) in [6, 6.07) is 5.44. The number of rotatable bonds is 2. The van der Waals surface area contributed by atoms with Gasteiger partial charge < -0.3 is 11.1 Å². The van der Waals surface area contributed by atoms with Crippen LogP contribution in [-0.2, 0) is 0 Å². The van der Waals surface area contributed by atoms with Gasteiger partial charge in [0.1, 0.15) is 17.3 Å². The Balaban J connectivity index is 2.35. The molecule has 104 valence electrons. The van der Waals surface area contributed by atoms with E-state index < -0.39 is 29.0 Å². The fraction of sp³-hybridized carbons (Fsp3) is 0.0714. The molecule has 2 rings (SSSR count). The molecule has 0 saturated heterocycles. The van der Waals surface area contributed by atoms with Gasteiger partial charge in [0.05, 0.1) is 5.56 Å². The summed E-state index contributed by atoms with van der Waals surface area (Å²) in [5, 5.41) is 2.10. The third-order valence-electron chi connectivity index (χ3n) is 2.78. The summed E-state index contributed by atoms with van der Waals surface area (Å²) in [6.45, 7) is 1.44. The number of carbonyl (C=O) groups is 1. The zero-order chi connectivity index (χ0) is 14.9. The lowest BCUT2D eigenvalue weighted by atomic mass is 10.1. The fourth-order valence-electron chi connectivity index (χ4n) is 1.69. The average Bonchev–Trinajstić information content (AvgIpc) is 2.39. The Morgan fingerprint density at radius 3 is 2.50 bits per heavy atom. The van der Waals surface area contributed by atoms with Crippen molar-refractivity contribution in [3.63, 3.8) is 0 Å². The molecule has 2 aromatic carbocycles. The monoisotopic (exact) mass is 280 g/mol. The lowest BCUT2D eigenvalue weighted by Gasteiger charge is -2.10. The molecule has 0 aliphatic heterocycles. The molecule has 0 aromatic heterocycles. The predicted octanol–water partition coefficient (Wildman–Crippen LogP) is 3.25. The first kappa shape index (κ1) is 13.9. The molecule has 0 unspecified atom stereocenters. The van der Waals surface area contributed by atoms with E-state index in [0.29, 0.717) is 0 Å². The average molecular weight is 280 g/mol. The highest BCUT2D eigenvalue weighted by molar-refractivity contribution is 6.07. The van der Waals surface area contributed by atoms with Gasteiger partial charge in [-0.1, -0.05) is 6.07 Å². The number of amides is 1. The zero-order valence-electron chi connectivity index (χ0n) is 10.5. The van der Waals surface area contributed by atoms with E-state index in [9.17, 15) is 18.0 Å². The van der Waals surface area contributed by atoms with Gasteiger partial charge in [-0.3, -0.25) is 4.79 Å². The largest absolute Gasteiger partial charge is 0.398 e. The predicted molar refractivity (Wildman–Crippen MR) is 69.9 cm³/mol. The first-order valence-corrected chi connectivity index (χ1v) is 5.71. The van der Waals surface area contributed by atoms with E-state index in [4.69, 9.17) is 5.73 Å². The molecule has 0 saturated carbocycles.